The maximum absolute atomic E-state index is 12.9. The quantitative estimate of drug-likeness (QED) is 0.492. The molecule has 0 aromatic carbocycles. The molecule has 1 aliphatic carbocycles. The highest BCUT2D eigenvalue weighted by molar-refractivity contribution is 5.93. The van der Waals surface area contributed by atoms with E-state index in [4.69, 9.17) is 0 Å². The summed E-state index contributed by atoms with van der Waals surface area (Å²) in [4.78, 5) is 30.0. The summed E-state index contributed by atoms with van der Waals surface area (Å²) < 4.78 is 3.66. The molecule has 0 radical (unpaired) electrons. The molecule has 2 N–H and O–H groups in total. The van der Waals surface area contributed by atoms with Crippen LogP contribution in [-0.4, -0.2) is 82.5 Å². The summed E-state index contributed by atoms with van der Waals surface area (Å²) in [7, 11) is 8.07. The molecule has 2 aromatic heterocycles. The summed E-state index contributed by atoms with van der Waals surface area (Å²) in [5.74, 6) is -0.114. The molecular formula is C24H40N8O2. The zero-order chi connectivity index (χ0) is 24.6. The summed E-state index contributed by atoms with van der Waals surface area (Å²) in [6, 6.07) is 0. The molecule has 1 saturated carbocycles. The van der Waals surface area contributed by atoms with Gasteiger partial charge in [-0.3, -0.25) is 19.0 Å². The molecule has 2 amide bonds. The first-order valence-corrected chi connectivity index (χ1v) is 12.2. The molecule has 1 aliphatic rings. The molecular weight excluding hydrogens is 432 g/mol. The standard InChI is InChI=1S/C24H40N8O2/c1-29(2)10-12-31-18-20(16-25-31)27-22(33)14-24(8-6-5-7-9-24)15-23(34)28-21-17-26-32(19-21)13-11-30(3)4/h16-19H,5-15H2,1-4H3,(H,27,33)(H,28,34). The van der Waals surface area contributed by atoms with Crippen LogP contribution in [0.2, 0.25) is 0 Å². The molecule has 188 valence electrons. The van der Waals surface area contributed by atoms with Crippen LogP contribution in [0.25, 0.3) is 0 Å². The number of aromatic nitrogens is 4. The maximum atomic E-state index is 12.9. The van der Waals surface area contributed by atoms with Crippen LogP contribution in [0.15, 0.2) is 24.8 Å². The number of anilines is 2. The Kier molecular flexibility index (Phi) is 9.23. The fourth-order valence-electron chi connectivity index (χ4n) is 4.52. The number of nitrogens with zero attached hydrogens (tertiary/aromatic N) is 6. The first-order chi connectivity index (χ1) is 16.2. The molecule has 2 heterocycles. The van der Waals surface area contributed by atoms with Gasteiger partial charge in [-0.25, -0.2) is 0 Å². The van der Waals surface area contributed by atoms with E-state index in [2.05, 4.69) is 30.6 Å². The Morgan fingerprint density at radius 3 is 1.68 bits per heavy atom. The number of amides is 2. The van der Waals surface area contributed by atoms with Crippen molar-refractivity contribution in [1.29, 1.82) is 0 Å². The lowest BCUT2D eigenvalue weighted by Gasteiger charge is -2.36. The normalized spacial score (nSPS) is 15.6. The van der Waals surface area contributed by atoms with Crippen LogP contribution in [0.4, 0.5) is 11.4 Å². The summed E-state index contributed by atoms with van der Waals surface area (Å²) >= 11 is 0. The molecule has 0 aliphatic heterocycles. The molecule has 0 unspecified atom stereocenters. The second-order valence-corrected chi connectivity index (χ2v) is 10.1. The third-order valence-electron chi connectivity index (χ3n) is 6.37. The van der Waals surface area contributed by atoms with E-state index in [0.29, 0.717) is 24.2 Å². The number of hydrogen-bond acceptors (Lipinski definition) is 6. The van der Waals surface area contributed by atoms with E-state index in [0.717, 1.165) is 58.3 Å². The maximum Gasteiger partial charge on any atom is 0.225 e. The number of hydrogen-bond donors (Lipinski definition) is 2. The average Bonchev–Trinajstić information content (AvgIpc) is 3.40. The van der Waals surface area contributed by atoms with Gasteiger partial charge in [0.05, 0.1) is 36.9 Å². The van der Waals surface area contributed by atoms with Crippen molar-refractivity contribution in [2.45, 2.75) is 58.0 Å². The highest BCUT2D eigenvalue weighted by Crippen LogP contribution is 2.42. The van der Waals surface area contributed by atoms with Crippen LogP contribution in [-0.2, 0) is 22.7 Å². The van der Waals surface area contributed by atoms with Gasteiger partial charge in [0.15, 0.2) is 0 Å². The molecule has 2 aromatic rings. The van der Waals surface area contributed by atoms with Crippen molar-refractivity contribution < 1.29 is 9.59 Å². The van der Waals surface area contributed by atoms with Gasteiger partial charge in [0, 0.05) is 38.3 Å². The van der Waals surface area contributed by atoms with Crippen molar-refractivity contribution in [2.75, 3.05) is 51.9 Å². The Hall–Kier alpha value is -2.72. The number of carbonyl (C=O) groups excluding carboxylic acids is 2. The SMILES string of the molecule is CN(C)CCn1cc(NC(=O)CC2(CC(=O)Nc3cnn(CCN(C)C)c3)CCCCC2)cn1. The van der Waals surface area contributed by atoms with E-state index >= 15 is 0 Å². The monoisotopic (exact) mass is 472 g/mol. The second kappa shape index (κ2) is 12.1. The average molecular weight is 473 g/mol. The van der Waals surface area contributed by atoms with Crippen molar-refractivity contribution in [1.82, 2.24) is 29.4 Å². The summed E-state index contributed by atoms with van der Waals surface area (Å²) in [6.45, 7) is 3.28. The predicted molar refractivity (Wildman–Crippen MR) is 134 cm³/mol. The second-order valence-electron chi connectivity index (χ2n) is 10.1. The van der Waals surface area contributed by atoms with Crippen LogP contribution >= 0.6 is 0 Å². The Morgan fingerprint density at radius 1 is 0.824 bits per heavy atom. The minimum absolute atomic E-state index is 0.0571. The van der Waals surface area contributed by atoms with Gasteiger partial charge in [-0.2, -0.15) is 10.2 Å². The van der Waals surface area contributed by atoms with E-state index in [1.807, 2.05) is 49.9 Å². The Balaban J connectivity index is 1.55. The number of likely N-dealkylation sites (N-methyl/N-ethyl adjacent to an activating group) is 2. The van der Waals surface area contributed by atoms with Crippen LogP contribution in [0.5, 0.6) is 0 Å². The van der Waals surface area contributed by atoms with Gasteiger partial charge in [0.1, 0.15) is 0 Å². The van der Waals surface area contributed by atoms with Crippen molar-refractivity contribution in [3.05, 3.63) is 24.8 Å². The number of carbonyl (C=O) groups is 2. The topological polar surface area (TPSA) is 100 Å². The first kappa shape index (κ1) is 25.9. The van der Waals surface area contributed by atoms with Crippen LogP contribution in [0.3, 0.4) is 0 Å². The highest BCUT2D eigenvalue weighted by atomic mass is 16.2. The number of rotatable bonds is 12. The molecule has 0 bridgehead atoms. The van der Waals surface area contributed by atoms with Gasteiger partial charge in [-0.15, -0.1) is 0 Å². The molecule has 3 rings (SSSR count). The van der Waals surface area contributed by atoms with Gasteiger partial charge in [-0.05, 0) is 46.4 Å². The fraction of sp³-hybridized carbons (Fsp3) is 0.667. The van der Waals surface area contributed by atoms with Crippen molar-refractivity contribution >= 4 is 23.2 Å². The summed E-state index contributed by atoms with van der Waals surface area (Å²) in [5.41, 5.74) is 1.09. The Morgan fingerprint density at radius 2 is 1.26 bits per heavy atom. The van der Waals surface area contributed by atoms with E-state index in [1.54, 1.807) is 12.4 Å². The van der Waals surface area contributed by atoms with Crippen LogP contribution < -0.4 is 10.6 Å². The molecule has 34 heavy (non-hydrogen) atoms. The number of nitrogens with one attached hydrogen (secondary N) is 2. The molecule has 0 saturated heterocycles. The lowest BCUT2D eigenvalue weighted by atomic mass is 9.69. The molecule has 0 spiro atoms. The minimum atomic E-state index is -0.311. The van der Waals surface area contributed by atoms with Crippen molar-refractivity contribution in [3.8, 4) is 0 Å². The minimum Gasteiger partial charge on any atom is -0.323 e. The van der Waals surface area contributed by atoms with Crippen LogP contribution in [0, 0.1) is 5.41 Å². The van der Waals surface area contributed by atoms with E-state index < -0.39 is 0 Å². The summed E-state index contributed by atoms with van der Waals surface area (Å²) in [5, 5.41) is 14.6. The van der Waals surface area contributed by atoms with Gasteiger partial charge >= 0.3 is 0 Å². The highest BCUT2D eigenvalue weighted by Gasteiger charge is 2.36. The largest absolute Gasteiger partial charge is 0.323 e. The zero-order valence-corrected chi connectivity index (χ0v) is 21.1. The van der Waals surface area contributed by atoms with Gasteiger partial charge in [0.25, 0.3) is 0 Å². The predicted octanol–water partition coefficient (Wildman–Crippen LogP) is 2.51. The van der Waals surface area contributed by atoms with E-state index in [-0.39, 0.29) is 17.2 Å². The molecule has 1 fully saturated rings. The smallest absolute Gasteiger partial charge is 0.225 e. The van der Waals surface area contributed by atoms with Gasteiger partial charge < -0.3 is 20.4 Å². The molecule has 0 atom stereocenters. The third-order valence-corrected chi connectivity index (χ3v) is 6.37. The van der Waals surface area contributed by atoms with Crippen molar-refractivity contribution in [3.63, 3.8) is 0 Å². The van der Waals surface area contributed by atoms with Crippen LogP contribution in [0.1, 0.15) is 44.9 Å². The first-order valence-electron chi connectivity index (χ1n) is 12.2. The Labute approximate surface area is 202 Å². The molecule has 10 nitrogen and oxygen atoms in total. The van der Waals surface area contributed by atoms with Gasteiger partial charge in [0.2, 0.25) is 11.8 Å². The van der Waals surface area contributed by atoms with E-state index in [9.17, 15) is 9.59 Å². The summed E-state index contributed by atoms with van der Waals surface area (Å²) in [6.07, 6.45) is 12.8. The fourth-order valence-corrected chi connectivity index (χ4v) is 4.52. The van der Waals surface area contributed by atoms with Crippen molar-refractivity contribution in [2.24, 2.45) is 5.41 Å². The Bertz CT molecular complexity index is 859. The zero-order valence-electron chi connectivity index (χ0n) is 21.1. The molecule has 10 heteroatoms. The third kappa shape index (κ3) is 8.25. The van der Waals surface area contributed by atoms with E-state index in [1.165, 1.54) is 0 Å². The lowest BCUT2D eigenvalue weighted by molar-refractivity contribution is -0.122. The van der Waals surface area contributed by atoms with Gasteiger partial charge in [-0.1, -0.05) is 19.3 Å². The lowest BCUT2D eigenvalue weighted by Crippen LogP contribution is -2.34.